The van der Waals surface area contributed by atoms with Crippen LogP contribution in [0.5, 0.6) is 5.88 Å². The lowest BCUT2D eigenvalue weighted by molar-refractivity contribution is 0.122. The van der Waals surface area contributed by atoms with Crippen LogP contribution in [0.4, 0.5) is 5.69 Å². The van der Waals surface area contributed by atoms with Crippen molar-refractivity contribution in [2.24, 2.45) is 0 Å². The van der Waals surface area contributed by atoms with Crippen molar-refractivity contribution in [3.8, 4) is 11.6 Å². The predicted octanol–water partition coefficient (Wildman–Crippen LogP) is 1.86. The Morgan fingerprint density at radius 3 is 2.65 bits per heavy atom. The zero-order chi connectivity index (χ0) is 16.1. The van der Waals surface area contributed by atoms with Crippen LogP contribution in [0.3, 0.4) is 0 Å². The molecule has 1 fully saturated rings. The SMILES string of the molecule is CCCOc1nn(-c2ccccc2)c(=O)cc1N1CCOCC1. The maximum absolute atomic E-state index is 12.5. The molecule has 0 radical (unpaired) electrons. The molecular weight excluding hydrogens is 294 g/mol. The Balaban J connectivity index is 2.02. The Hall–Kier alpha value is -2.34. The van der Waals surface area contributed by atoms with Crippen LogP contribution in [-0.4, -0.2) is 42.7 Å². The smallest absolute Gasteiger partial charge is 0.273 e. The average Bonchev–Trinajstić information content (AvgIpc) is 2.62. The number of morpholine rings is 1. The van der Waals surface area contributed by atoms with Crippen LogP contribution in [0.15, 0.2) is 41.2 Å². The van der Waals surface area contributed by atoms with E-state index in [0.29, 0.717) is 25.7 Å². The van der Waals surface area contributed by atoms with Crippen LogP contribution in [0.25, 0.3) is 5.69 Å². The van der Waals surface area contributed by atoms with E-state index in [-0.39, 0.29) is 5.56 Å². The molecule has 0 bridgehead atoms. The van der Waals surface area contributed by atoms with Gasteiger partial charge in [-0.3, -0.25) is 4.79 Å². The van der Waals surface area contributed by atoms with Gasteiger partial charge in [0, 0.05) is 19.2 Å². The molecule has 1 aromatic carbocycles. The van der Waals surface area contributed by atoms with E-state index in [1.165, 1.54) is 4.68 Å². The molecule has 2 heterocycles. The van der Waals surface area contributed by atoms with Gasteiger partial charge in [0.25, 0.3) is 11.4 Å². The monoisotopic (exact) mass is 315 g/mol. The predicted molar refractivity (Wildman–Crippen MR) is 88.7 cm³/mol. The third-order valence-electron chi connectivity index (χ3n) is 3.67. The highest BCUT2D eigenvalue weighted by atomic mass is 16.5. The highest BCUT2D eigenvalue weighted by molar-refractivity contribution is 5.55. The third kappa shape index (κ3) is 3.53. The second-order valence-electron chi connectivity index (χ2n) is 5.37. The number of para-hydroxylation sites is 1. The Morgan fingerprint density at radius 2 is 1.96 bits per heavy atom. The highest BCUT2D eigenvalue weighted by Gasteiger charge is 2.19. The second kappa shape index (κ2) is 7.28. The molecule has 0 saturated carbocycles. The Kier molecular flexibility index (Phi) is 4.92. The number of hydrogen-bond donors (Lipinski definition) is 0. The van der Waals surface area contributed by atoms with E-state index in [0.717, 1.165) is 30.9 Å². The second-order valence-corrected chi connectivity index (χ2v) is 5.37. The fraction of sp³-hybridized carbons (Fsp3) is 0.412. The van der Waals surface area contributed by atoms with Crippen molar-refractivity contribution in [2.75, 3.05) is 37.8 Å². The number of benzene rings is 1. The molecule has 6 heteroatoms. The van der Waals surface area contributed by atoms with Crippen LogP contribution in [0.1, 0.15) is 13.3 Å². The highest BCUT2D eigenvalue weighted by Crippen LogP contribution is 2.25. The van der Waals surface area contributed by atoms with Gasteiger partial charge in [-0.25, -0.2) is 0 Å². The summed E-state index contributed by atoms with van der Waals surface area (Å²) >= 11 is 0. The topological polar surface area (TPSA) is 56.6 Å². The number of ether oxygens (including phenoxy) is 2. The summed E-state index contributed by atoms with van der Waals surface area (Å²) in [5.41, 5.74) is 1.31. The van der Waals surface area contributed by atoms with Crippen molar-refractivity contribution in [1.82, 2.24) is 9.78 Å². The number of rotatable bonds is 5. The van der Waals surface area contributed by atoms with Gasteiger partial charge in [0.1, 0.15) is 5.69 Å². The molecule has 1 saturated heterocycles. The maximum Gasteiger partial charge on any atom is 0.273 e. The molecule has 1 aliphatic heterocycles. The van der Waals surface area contributed by atoms with Crippen molar-refractivity contribution < 1.29 is 9.47 Å². The average molecular weight is 315 g/mol. The first kappa shape index (κ1) is 15.6. The standard InChI is InChI=1S/C17H21N3O3/c1-2-10-23-17-15(19-8-11-22-12-9-19)13-16(21)20(18-17)14-6-4-3-5-7-14/h3-7,13H,2,8-12H2,1H3. The normalized spacial score (nSPS) is 14.7. The van der Waals surface area contributed by atoms with E-state index < -0.39 is 0 Å². The minimum Gasteiger partial charge on any atom is -0.475 e. The van der Waals surface area contributed by atoms with Crippen molar-refractivity contribution in [3.63, 3.8) is 0 Å². The lowest BCUT2D eigenvalue weighted by Gasteiger charge is -2.29. The summed E-state index contributed by atoms with van der Waals surface area (Å²) < 4.78 is 12.6. The number of nitrogens with zero attached hydrogens (tertiary/aromatic N) is 3. The number of hydrogen-bond acceptors (Lipinski definition) is 5. The molecule has 0 amide bonds. The van der Waals surface area contributed by atoms with E-state index in [1.807, 2.05) is 37.3 Å². The fourth-order valence-electron chi connectivity index (χ4n) is 2.52. The molecular formula is C17H21N3O3. The summed E-state index contributed by atoms with van der Waals surface area (Å²) in [6, 6.07) is 11.0. The minimum absolute atomic E-state index is 0.165. The number of anilines is 1. The first-order chi connectivity index (χ1) is 11.3. The number of aromatic nitrogens is 2. The van der Waals surface area contributed by atoms with Gasteiger partial charge in [-0.2, -0.15) is 4.68 Å². The summed E-state index contributed by atoms with van der Waals surface area (Å²) in [5.74, 6) is 0.497. The van der Waals surface area contributed by atoms with E-state index in [2.05, 4.69) is 10.00 Å². The Morgan fingerprint density at radius 1 is 1.22 bits per heavy atom. The zero-order valence-corrected chi connectivity index (χ0v) is 13.3. The van der Waals surface area contributed by atoms with E-state index in [1.54, 1.807) is 6.07 Å². The lowest BCUT2D eigenvalue weighted by atomic mass is 10.3. The molecule has 0 N–H and O–H groups in total. The summed E-state index contributed by atoms with van der Waals surface area (Å²) in [4.78, 5) is 14.6. The first-order valence-electron chi connectivity index (χ1n) is 7.95. The summed E-state index contributed by atoms with van der Waals surface area (Å²) in [7, 11) is 0. The maximum atomic E-state index is 12.5. The molecule has 0 spiro atoms. The zero-order valence-electron chi connectivity index (χ0n) is 13.3. The van der Waals surface area contributed by atoms with Crippen LogP contribution in [-0.2, 0) is 4.74 Å². The molecule has 0 unspecified atom stereocenters. The molecule has 1 aliphatic rings. The minimum atomic E-state index is -0.165. The third-order valence-corrected chi connectivity index (χ3v) is 3.67. The first-order valence-corrected chi connectivity index (χ1v) is 7.95. The molecule has 6 nitrogen and oxygen atoms in total. The van der Waals surface area contributed by atoms with Crippen LogP contribution in [0, 0.1) is 0 Å². The molecule has 2 aromatic rings. The molecule has 122 valence electrons. The van der Waals surface area contributed by atoms with Crippen LogP contribution >= 0.6 is 0 Å². The van der Waals surface area contributed by atoms with Crippen LogP contribution < -0.4 is 15.2 Å². The van der Waals surface area contributed by atoms with Crippen molar-refractivity contribution in [1.29, 1.82) is 0 Å². The molecule has 23 heavy (non-hydrogen) atoms. The molecule has 0 atom stereocenters. The van der Waals surface area contributed by atoms with Crippen molar-refractivity contribution >= 4 is 5.69 Å². The van der Waals surface area contributed by atoms with Gasteiger partial charge in [-0.15, -0.1) is 5.10 Å². The lowest BCUT2D eigenvalue weighted by Crippen LogP contribution is -2.38. The fourth-order valence-corrected chi connectivity index (χ4v) is 2.52. The summed E-state index contributed by atoms with van der Waals surface area (Å²) in [6.45, 7) is 5.38. The Labute approximate surface area is 135 Å². The molecule has 1 aromatic heterocycles. The summed E-state index contributed by atoms with van der Waals surface area (Å²) in [5, 5.41) is 4.45. The molecule has 0 aliphatic carbocycles. The Bertz CT molecular complexity index is 694. The summed E-state index contributed by atoms with van der Waals surface area (Å²) in [6.07, 6.45) is 0.884. The van der Waals surface area contributed by atoms with Crippen molar-refractivity contribution in [2.45, 2.75) is 13.3 Å². The van der Waals surface area contributed by atoms with Gasteiger partial charge < -0.3 is 14.4 Å². The van der Waals surface area contributed by atoms with E-state index in [9.17, 15) is 4.79 Å². The van der Waals surface area contributed by atoms with Crippen molar-refractivity contribution in [3.05, 3.63) is 46.8 Å². The van der Waals surface area contributed by atoms with Gasteiger partial charge in [0.15, 0.2) is 0 Å². The quantitative estimate of drug-likeness (QED) is 0.843. The van der Waals surface area contributed by atoms with Gasteiger partial charge in [0.2, 0.25) is 0 Å². The molecule has 3 rings (SSSR count). The van der Waals surface area contributed by atoms with E-state index in [4.69, 9.17) is 9.47 Å². The van der Waals surface area contributed by atoms with E-state index >= 15 is 0 Å². The largest absolute Gasteiger partial charge is 0.475 e. The van der Waals surface area contributed by atoms with Gasteiger partial charge in [0.05, 0.1) is 25.5 Å². The van der Waals surface area contributed by atoms with Gasteiger partial charge in [-0.1, -0.05) is 25.1 Å². The van der Waals surface area contributed by atoms with Gasteiger partial charge in [-0.05, 0) is 18.6 Å². The van der Waals surface area contributed by atoms with Gasteiger partial charge >= 0.3 is 0 Å². The van der Waals surface area contributed by atoms with Crippen LogP contribution in [0.2, 0.25) is 0 Å².